The van der Waals surface area contributed by atoms with Crippen LogP contribution < -0.4 is 10.0 Å². The highest BCUT2D eigenvalue weighted by atomic mass is 32.2. The van der Waals surface area contributed by atoms with Crippen LogP contribution in [0.25, 0.3) is 0 Å². The highest BCUT2D eigenvalue weighted by Gasteiger charge is 2.18. The molecule has 1 heterocycles. The lowest BCUT2D eigenvalue weighted by molar-refractivity contribution is 0.0789. The molecule has 1 aromatic carbocycles. The smallest absolute Gasteiger partial charge is 0.329 e. The molecule has 0 saturated heterocycles. The van der Waals surface area contributed by atoms with E-state index in [0.29, 0.717) is 18.5 Å². The molecule has 2 amide bonds. The van der Waals surface area contributed by atoms with Gasteiger partial charge >= 0.3 is 6.03 Å². The van der Waals surface area contributed by atoms with E-state index in [2.05, 4.69) is 10.0 Å². The molecule has 2 aromatic rings. The Hall–Kier alpha value is -1.57. The normalized spacial score (nSPS) is 11.4. The molecule has 25 heavy (non-hydrogen) atoms. The lowest BCUT2D eigenvalue weighted by atomic mass is 10.0. The Morgan fingerprint density at radius 3 is 2.32 bits per heavy atom. The lowest BCUT2D eigenvalue weighted by Crippen LogP contribution is -2.24. The Bertz CT molecular complexity index is 729. The molecule has 1 aromatic heterocycles. The number of carbonyl (C=O) groups excluding carboxylic acids is 1. The van der Waals surface area contributed by atoms with Gasteiger partial charge in [0.15, 0.2) is 0 Å². The van der Waals surface area contributed by atoms with Crippen molar-refractivity contribution in [3.8, 4) is 0 Å². The fourth-order valence-electron chi connectivity index (χ4n) is 2.37. The molecule has 0 bridgehead atoms. The zero-order chi connectivity index (χ0) is 18.6. The number of aryl methyl sites for hydroxylation is 2. The monoisotopic (exact) mass is 382 g/mol. The van der Waals surface area contributed by atoms with Gasteiger partial charge in [0.2, 0.25) is 0 Å². The van der Waals surface area contributed by atoms with E-state index in [1.165, 1.54) is 35.4 Å². The number of hydrogen-bond donors (Lipinski definition) is 3. The van der Waals surface area contributed by atoms with Crippen LogP contribution in [-0.4, -0.2) is 11.1 Å². The molecule has 3 N–H and O–H groups in total. The summed E-state index contributed by atoms with van der Waals surface area (Å²) in [5, 5.41) is 14.7. The third kappa shape index (κ3) is 5.20. The first-order chi connectivity index (χ1) is 11.7. The van der Waals surface area contributed by atoms with E-state index in [4.69, 9.17) is 0 Å². The molecule has 0 unspecified atom stereocenters. The molecule has 0 fully saturated rings. The van der Waals surface area contributed by atoms with Crippen LogP contribution in [0.2, 0.25) is 0 Å². The second kappa shape index (κ2) is 8.21. The number of rotatable bonds is 6. The standard InChI is InChI=1S/C18H23FN2O2S2/c1-5-11-7-14(19)8-12(6-2)16(11)20-17(22)21-25-15-9-13(10-24-15)18(3,4)23/h7-10,23H,5-6H2,1-4H3,(H2,20,21,22). The van der Waals surface area contributed by atoms with E-state index in [1.54, 1.807) is 13.8 Å². The average molecular weight is 383 g/mol. The van der Waals surface area contributed by atoms with Gasteiger partial charge in [0.1, 0.15) is 5.82 Å². The van der Waals surface area contributed by atoms with Gasteiger partial charge in [-0.3, -0.25) is 4.72 Å². The molecule has 0 radical (unpaired) electrons. The second-order valence-corrected chi connectivity index (χ2v) is 8.20. The van der Waals surface area contributed by atoms with Crippen molar-refractivity contribution in [2.75, 3.05) is 5.32 Å². The number of amides is 2. The number of hydrogen-bond acceptors (Lipinski definition) is 4. The van der Waals surface area contributed by atoms with Crippen LogP contribution in [0.5, 0.6) is 0 Å². The number of halogens is 1. The SMILES string of the molecule is CCc1cc(F)cc(CC)c1NC(=O)NSc1cc(C(C)(C)O)cs1. The summed E-state index contributed by atoms with van der Waals surface area (Å²) in [5.74, 6) is -0.285. The van der Waals surface area contributed by atoms with Crippen molar-refractivity contribution in [3.63, 3.8) is 0 Å². The van der Waals surface area contributed by atoms with Crippen molar-refractivity contribution in [3.05, 3.63) is 46.1 Å². The van der Waals surface area contributed by atoms with Gasteiger partial charge in [-0.25, -0.2) is 9.18 Å². The number of urea groups is 1. The number of anilines is 1. The van der Waals surface area contributed by atoms with Crippen molar-refractivity contribution in [2.24, 2.45) is 0 Å². The van der Waals surface area contributed by atoms with Crippen LogP contribution in [0.4, 0.5) is 14.9 Å². The molecule has 0 spiro atoms. The first-order valence-corrected chi connectivity index (χ1v) is 9.80. The minimum Gasteiger partial charge on any atom is -0.386 e. The van der Waals surface area contributed by atoms with Crippen molar-refractivity contribution in [1.29, 1.82) is 0 Å². The van der Waals surface area contributed by atoms with Crippen LogP contribution in [0.1, 0.15) is 44.4 Å². The molecule has 0 saturated carbocycles. The van der Waals surface area contributed by atoms with Crippen LogP contribution in [0.3, 0.4) is 0 Å². The first kappa shape index (κ1) is 19.8. The quantitative estimate of drug-likeness (QED) is 0.611. The number of carbonyl (C=O) groups is 1. The minimum absolute atomic E-state index is 0.285. The fourth-order valence-corrected chi connectivity index (χ4v) is 4.06. The molecule has 0 aliphatic rings. The van der Waals surface area contributed by atoms with Crippen LogP contribution in [0, 0.1) is 5.82 Å². The summed E-state index contributed by atoms with van der Waals surface area (Å²) in [6, 6.07) is 4.40. The van der Waals surface area contributed by atoms with E-state index in [1.807, 2.05) is 25.3 Å². The number of benzene rings is 1. The molecule has 0 aliphatic carbocycles. The summed E-state index contributed by atoms with van der Waals surface area (Å²) >= 11 is 2.64. The van der Waals surface area contributed by atoms with Gasteiger partial charge in [-0.05, 0) is 78.9 Å². The summed E-state index contributed by atoms with van der Waals surface area (Å²) < 4.78 is 17.2. The van der Waals surface area contributed by atoms with Gasteiger partial charge in [-0.1, -0.05) is 13.8 Å². The predicted molar refractivity (Wildman–Crippen MR) is 103 cm³/mol. The van der Waals surface area contributed by atoms with Gasteiger partial charge < -0.3 is 10.4 Å². The van der Waals surface area contributed by atoms with E-state index < -0.39 is 5.60 Å². The zero-order valence-corrected chi connectivity index (χ0v) is 16.4. The molecule has 7 heteroatoms. The fraction of sp³-hybridized carbons (Fsp3) is 0.389. The zero-order valence-electron chi connectivity index (χ0n) is 14.8. The molecule has 2 rings (SSSR count). The summed E-state index contributed by atoms with van der Waals surface area (Å²) in [6.07, 6.45) is 1.26. The van der Waals surface area contributed by atoms with E-state index in [9.17, 15) is 14.3 Å². The Kier molecular flexibility index (Phi) is 6.48. The average Bonchev–Trinajstić information content (AvgIpc) is 3.03. The first-order valence-electron chi connectivity index (χ1n) is 8.11. The molecule has 0 atom stereocenters. The largest absolute Gasteiger partial charge is 0.386 e. The maximum atomic E-state index is 13.6. The van der Waals surface area contributed by atoms with Crippen molar-refractivity contribution >= 4 is 35.0 Å². The summed E-state index contributed by atoms with van der Waals surface area (Å²) in [7, 11) is 0. The molecule has 136 valence electrons. The van der Waals surface area contributed by atoms with Gasteiger partial charge in [-0.2, -0.15) is 0 Å². The van der Waals surface area contributed by atoms with Crippen LogP contribution >= 0.6 is 23.3 Å². The van der Waals surface area contributed by atoms with Gasteiger partial charge in [0.25, 0.3) is 0 Å². The highest BCUT2D eigenvalue weighted by molar-refractivity contribution is 7.99. The number of aliphatic hydroxyl groups is 1. The molecule has 4 nitrogen and oxygen atoms in total. The van der Waals surface area contributed by atoms with E-state index >= 15 is 0 Å². The maximum absolute atomic E-state index is 13.6. The van der Waals surface area contributed by atoms with Crippen molar-refractivity contribution in [1.82, 2.24) is 4.72 Å². The highest BCUT2D eigenvalue weighted by Crippen LogP contribution is 2.30. The van der Waals surface area contributed by atoms with E-state index in [0.717, 1.165) is 20.9 Å². The minimum atomic E-state index is -0.905. The Labute approximate surface area is 156 Å². The van der Waals surface area contributed by atoms with Gasteiger partial charge in [0.05, 0.1) is 9.81 Å². The van der Waals surface area contributed by atoms with Crippen molar-refractivity contribution < 1.29 is 14.3 Å². The predicted octanol–water partition coefficient (Wildman–Crippen LogP) is 5.07. The lowest BCUT2D eigenvalue weighted by Gasteiger charge is -2.15. The number of thiophene rings is 1. The third-order valence-electron chi connectivity index (χ3n) is 3.79. The maximum Gasteiger partial charge on any atom is 0.329 e. The topological polar surface area (TPSA) is 61.4 Å². The molecular weight excluding hydrogens is 359 g/mol. The van der Waals surface area contributed by atoms with Gasteiger partial charge in [0, 0.05) is 5.69 Å². The summed E-state index contributed by atoms with van der Waals surface area (Å²) in [6.45, 7) is 7.29. The molecular formula is C18H23FN2O2S2. The Morgan fingerprint density at radius 1 is 1.24 bits per heavy atom. The second-order valence-electron chi connectivity index (χ2n) is 6.18. The molecule has 0 aliphatic heterocycles. The van der Waals surface area contributed by atoms with Crippen molar-refractivity contribution in [2.45, 2.75) is 50.3 Å². The third-order valence-corrected chi connectivity index (χ3v) is 5.66. The Morgan fingerprint density at radius 2 is 1.84 bits per heavy atom. The van der Waals surface area contributed by atoms with Crippen LogP contribution in [-0.2, 0) is 18.4 Å². The summed E-state index contributed by atoms with van der Waals surface area (Å²) in [4.78, 5) is 12.2. The number of nitrogens with one attached hydrogen (secondary N) is 2. The summed E-state index contributed by atoms with van der Waals surface area (Å²) in [5.41, 5.74) is 2.13. The Balaban J connectivity index is 2.05. The van der Waals surface area contributed by atoms with E-state index in [-0.39, 0.29) is 11.8 Å². The van der Waals surface area contributed by atoms with Gasteiger partial charge in [-0.15, -0.1) is 11.3 Å². The van der Waals surface area contributed by atoms with Crippen LogP contribution in [0.15, 0.2) is 27.8 Å².